The lowest BCUT2D eigenvalue weighted by atomic mass is 10.1. The molecule has 3 aromatic rings. The first-order chi connectivity index (χ1) is 17.1. The summed E-state index contributed by atoms with van der Waals surface area (Å²) in [6, 6.07) is 25.9. The molecule has 1 unspecified atom stereocenters. The average molecular weight is 504 g/mol. The first-order valence-corrected chi connectivity index (χ1v) is 12.5. The summed E-state index contributed by atoms with van der Waals surface area (Å²) in [5, 5.41) is 0. The van der Waals surface area contributed by atoms with Gasteiger partial charge in [-0.05, 0) is 41.8 Å². The lowest BCUT2D eigenvalue weighted by Crippen LogP contribution is -2.38. The van der Waals surface area contributed by atoms with Gasteiger partial charge in [0.25, 0.3) is 5.91 Å². The Morgan fingerprint density at radius 3 is 2.31 bits per heavy atom. The number of amides is 1. The van der Waals surface area contributed by atoms with Crippen molar-refractivity contribution >= 4 is 46.3 Å². The van der Waals surface area contributed by atoms with Crippen LogP contribution in [-0.2, 0) is 20.7 Å². The summed E-state index contributed by atoms with van der Waals surface area (Å²) in [6.07, 6.45) is 2.61. The Labute approximate surface area is 214 Å². The Balaban J connectivity index is 1.46. The lowest BCUT2D eigenvalue weighted by Gasteiger charge is -2.25. The first kappa shape index (κ1) is 24.7. The van der Waals surface area contributed by atoms with E-state index in [4.69, 9.17) is 21.7 Å². The molecule has 1 saturated heterocycles. The van der Waals surface area contributed by atoms with Gasteiger partial charge in [0.2, 0.25) is 0 Å². The fourth-order valence-electron chi connectivity index (χ4n) is 3.69. The van der Waals surface area contributed by atoms with Gasteiger partial charge < -0.3 is 9.47 Å². The van der Waals surface area contributed by atoms with Gasteiger partial charge in [-0.1, -0.05) is 96.8 Å². The Morgan fingerprint density at radius 2 is 1.66 bits per heavy atom. The molecule has 1 atom stereocenters. The van der Waals surface area contributed by atoms with Crippen molar-refractivity contribution in [2.45, 2.75) is 19.4 Å². The zero-order valence-corrected chi connectivity index (χ0v) is 20.9. The van der Waals surface area contributed by atoms with Crippen LogP contribution in [0.15, 0.2) is 89.8 Å². The molecule has 1 heterocycles. The van der Waals surface area contributed by atoms with E-state index in [9.17, 15) is 9.59 Å². The van der Waals surface area contributed by atoms with Crippen molar-refractivity contribution in [1.82, 2.24) is 4.90 Å². The monoisotopic (exact) mass is 503 g/mol. The van der Waals surface area contributed by atoms with E-state index in [0.29, 0.717) is 21.4 Å². The van der Waals surface area contributed by atoms with Crippen LogP contribution in [0.2, 0.25) is 0 Å². The second-order valence-corrected chi connectivity index (χ2v) is 9.45. The molecular weight excluding hydrogens is 478 g/mol. The maximum absolute atomic E-state index is 13.3. The Kier molecular flexibility index (Phi) is 8.34. The van der Waals surface area contributed by atoms with Crippen molar-refractivity contribution in [3.05, 3.63) is 107 Å². The molecule has 3 aromatic carbocycles. The van der Waals surface area contributed by atoms with Crippen LogP contribution in [0.3, 0.4) is 0 Å². The van der Waals surface area contributed by atoms with Crippen LogP contribution in [0.5, 0.6) is 5.75 Å². The fraction of sp³-hybridized carbons (Fsp3) is 0.179. The number of rotatable bonds is 9. The fourth-order valence-corrected chi connectivity index (χ4v) is 5.01. The van der Waals surface area contributed by atoms with Crippen LogP contribution in [0.25, 0.3) is 6.08 Å². The third-order valence-corrected chi connectivity index (χ3v) is 6.72. The number of esters is 1. The molecule has 1 aliphatic rings. The molecule has 1 aliphatic heterocycles. The van der Waals surface area contributed by atoms with Gasteiger partial charge in [-0.15, -0.1) is 0 Å². The summed E-state index contributed by atoms with van der Waals surface area (Å²) in [7, 11) is 0. The largest absolute Gasteiger partial charge is 0.493 e. The van der Waals surface area contributed by atoms with Gasteiger partial charge in [0.15, 0.2) is 6.04 Å². The van der Waals surface area contributed by atoms with Gasteiger partial charge in [0.05, 0.1) is 18.1 Å². The van der Waals surface area contributed by atoms with Crippen LogP contribution >= 0.6 is 24.0 Å². The van der Waals surface area contributed by atoms with E-state index in [0.717, 1.165) is 17.7 Å². The smallest absolute Gasteiger partial charge is 0.333 e. The number of ether oxygens (including phenoxy) is 2. The molecule has 178 valence electrons. The number of thioether (sulfide) groups is 1. The van der Waals surface area contributed by atoms with Crippen LogP contribution in [-0.4, -0.2) is 34.3 Å². The van der Waals surface area contributed by atoms with Crippen LogP contribution in [0.1, 0.15) is 29.7 Å². The predicted molar refractivity (Wildman–Crippen MR) is 143 cm³/mol. The lowest BCUT2D eigenvalue weighted by molar-refractivity contribution is -0.151. The number of thiocarbonyl (C=S) groups is 1. The molecule has 0 radical (unpaired) electrons. The van der Waals surface area contributed by atoms with E-state index < -0.39 is 12.0 Å². The van der Waals surface area contributed by atoms with Gasteiger partial charge in [-0.25, -0.2) is 4.79 Å². The molecule has 5 nitrogen and oxygen atoms in total. The number of benzene rings is 3. The molecule has 35 heavy (non-hydrogen) atoms. The van der Waals surface area contributed by atoms with E-state index in [1.54, 1.807) is 25.1 Å². The van der Waals surface area contributed by atoms with Crippen molar-refractivity contribution in [2.75, 3.05) is 13.2 Å². The van der Waals surface area contributed by atoms with E-state index in [1.807, 2.05) is 60.7 Å². The second-order valence-electron chi connectivity index (χ2n) is 7.77. The van der Waals surface area contributed by atoms with E-state index >= 15 is 0 Å². The molecule has 0 spiro atoms. The van der Waals surface area contributed by atoms with Crippen molar-refractivity contribution in [3.8, 4) is 5.75 Å². The number of carbonyl (C=O) groups excluding carboxylic acids is 2. The van der Waals surface area contributed by atoms with Gasteiger partial charge in [0.1, 0.15) is 10.1 Å². The highest BCUT2D eigenvalue weighted by atomic mass is 32.2. The highest BCUT2D eigenvalue weighted by molar-refractivity contribution is 8.26. The summed E-state index contributed by atoms with van der Waals surface area (Å²) in [6.45, 7) is 2.53. The summed E-state index contributed by atoms with van der Waals surface area (Å²) >= 11 is 6.68. The minimum atomic E-state index is -0.921. The molecule has 0 bridgehead atoms. The molecule has 0 aromatic heterocycles. The van der Waals surface area contributed by atoms with Crippen molar-refractivity contribution in [3.63, 3.8) is 0 Å². The van der Waals surface area contributed by atoms with Crippen LogP contribution in [0.4, 0.5) is 0 Å². The minimum absolute atomic E-state index is 0.215. The zero-order chi connectivity index (χ0) is 24.6. The topological polar surface area (TPSA) is 55.8 Å². The van der Waals surface area contributed by atoms with Gasteiger partial charge in [-0.2, -0.15) is 0 Å². The maximum atomic E-state index is 13.3. The van der Waals surface area contributed by atoms with Crippen LogP contribution < -0.4 is 4.74 Å². The number of hydrogen-bond donors (Lipinski definition) is 0. The normalized spacial score (nSPS) is 15.3. The predicted octanol–water partition coefficient (Wildman–Crippen LogP) is 5.81. The quantitative estimate of drug-likeness (QED) is 0.209. The molecule has 1 amide bonds. The SMILES string of the molecule is CCOC(=O)C(c1ccccc1)N1C(=O)/C(=C/c2ccc(OCCc3ccccc3)cc2)SC1=S. The van der Waals surface area contributed by atoms with Crippen molar-refractivity contribution in [2.24, 2.45) is 0 Å². The second kappa shape index (κ2) is 11.8. The molecule has 7 heteroatoms. The third kappa shape index (κ3) is 6.18. The Hall–Kier alpha value is -3.42. The van der Waals surface area contributed by atoms with E-state index in [1.165, 1.54) is 22.2 Å². The molecule has 4 rings (SSSR count). The standard InChI is InChI=1S/C28H25NO4S2/c1-2-32-27(31)25(22-11-7-4-8-12-22)29-26(30)24(35-28(29)34)19-21-13-15-23(16-14-21)33-18-17-20-9-5-3-6-10-20/h3-16,19,25H,2,17-18H2,1H3/b24-19-. The maximum Gasteiger partial charge on any atom is 0.333 e. The molecule has 0 aliphatic carbocycles. The van der Waals surface area contributed by atoms with Gasteiger partial charge in [-0.3, -0.25) is 9.69 Å². The highest BCUT2D eigenvalue weighted by Crippen LogP contribution is 2.38. The summed E-state index contributed by atoms with van der Waals surface area (Å²) in [5.74, 6) is -0.0598. The highest BCUT2D eigenvalue weighted by Gasteiger charge is 2.42. The minimum Gasteiger partial charge on any atom is -0.493 e. The van der Waals surface area contributed by atoms with Crippen LogP contribution in [0, 0.1) is 0 Å². The first-order valence-electron chi connectivity index (χ1n) is 11.3. The van der Waals surface area contributed by atoms with Crippen molar-refractivity contribution in [1.29, 1.82) is 0 Å². The molecule has 0 saturated carbocycles. The number of hydrogen-bond acceptors (Lipinski definition) is 6. The zero-order valence-electron chi connectivity index (χ0n) is 19.3. The van der Waals surface area contributed by atoms with E-state index in [-0.39, 0.29) is 12.5 Å². The molecule has 1 fully saturated rings. The van der Waals surface area contributed by atoms with Gasteiger partial charge in [0, 0.05) is 6.42 Å². The summed E-state index contributed by atoms with van der Waals surface area (Å²) in [4.78, 5) is 27.9. The summed E-state index contributed by atoms with van der Waals surface area (Å²) in [5.41, 5.74) is 2.72. The number of nitrogens with zero attached hydrogens (tertiary/aromatic N) is 1. The van der Waals surface area contributed by atoms with E-state index in [2.05, 4.69) is 12.1 Å². The Morgan fingerprint density at radius 1 is 1.00 bits per heavy atom. The molecular formula is C28H25NO4S2. The number of carbonyl (C=O) groups is 2. The summed E-state index contributed by atoms with van der Waals surface area (Å²) < 4.78 is 11.4. The average Bonchev–Trinajstić information content (AvgIpc) is 3.14. The third-order valence-electron chi connectivity index (χ3n) is 5.39. The molecule has 0 N–H and O–H groups in total. The van der Waals surface area contributed by atoms with Crippen molar-refractivity contribution < 1.29 is 19.1 Å². The van der Waals surface area contributed by atoms with Gasteiger partial charge >= 0.3 is 5.97 Å². The Bertz CT molecular complexity index is 1210.